The zero-order chi connectivity index (χ0) is 14.8. The van der Waals surface area contributed by atoms with Crippen LogP contribution in [0.4, 0.5) is 4.39 Å². The number of fused-ring (bicyclic) bond motifs is 2. The summed E-state index contributed by atoms with van der Waals surface area (Å²) in [6.45, 7) is 0. The van der Waals surface area contributed by atoms with Gasteiger partial charge in [0.05, 0.1) is 0 Å². The van der Waals surface area contributed by atoms with Crippen molar-refractivity contribution < 1.29 is 9.18 Å². The number of carbonyl (C=O) groups is 1. The van der Waals surface area contributed by atoms with Gasteiger partial charge in [0, 0.05) is 31.2 Å². The molecule has 2 atom stereocenters. The number of nitrogens with one attached hydrogen (secondary N) is 1. The van der Waals surface area contributed by atoms with Gasteiger partial charge in [-0.1, -0.05) is 12.1 Å². The number of likely N-dealkylation sites (N-methyl/N-ethyl adjacent to an activating group) is 1. The van der Waals surface area contributed by atoms with E-state index in [1.54, 1.807) is 24.3 Å². The van der Waals surface area contributed by atoms with E-state index in [4.69, 9.17) is 0 Å². The van der Waals surface area contributed by atoms with E-state index in [0.717, 1.165) is 18.4 Å². The Balaban J connectivity index is 1.60. The predicted molar refractivity (Wildman–Crippen MR) is 81.2 cm³/mol. The molecule has 2 fully saturated rings. The molecule has 0 saturated carbocycles. The highest BCUT2D eigenvalue weighted by atomic mass is 19.1. The van der Waals surface area contributed by atoms with Crippen LogP contribution >= 0.6 is 0 Å². The van der Waals surface area contributed by atoms with Gasteiger partial charge in [0.2, 0.25) is 5.91 Å². The van der Waals surface area contributed by atoms with Crippen molar-refractivity contribution >= 4 is 12.0 Å². The highest BCUT2D eigenvalue weighted by Gasteiger charge is 2.35. The molecule has 1 amide bonds. The number of halogens is 1. The van der Waals surface area contributed by atoms with E-state index in [9.17, 15) is 9.18 Å². The summed E-state index contributed by atoms with van der Waals surface area (Å²) in [7, 11) is 1.88. The van der Waals surface area contributed by atoms with E-state index in [0.29, 0.717) is 18.1 Å². The summed E-state index contributed by atoms with van der Waals surface area (Å²) in [6, 6.07) is 7.62. The molecule has 2 aliphatic heterocycles. The van der Waals surface area contributed by atoms with Crippen LogP contribution in [-0.4, -0.2) is 36.0 Å². The van der Waals surface area contributed by atoms with Gasteiger partial charge in [-0.3, -0.25) is 4.79 Å². The van der Waals surface area contributed by atoms with Crippen molar-refractivity contribution in [3.8, 4) is 0 Å². The van der Waals surface area contributed by atoms with Crippen molar-refractivity contribution in [1.29, 1.82) is 0 Å². The molecule has 3 rings (SSSR count). The van der Waals surface area contributed by atoms with Crippen LogP contribution in [0.1, 0.15) is 31.2 Å². The Morgan fingerprint density at radius 3 is 2.48 bits per heavy atom. The number of nitrogens with zero attached hydrogens (tertiary/aromatic N) is 1. The standard InChI is InChI=1S/C17H21FN2O/c1-20(16-10-14-7-8-15(11-16)19-14)17(21)9-4-12-2-5-13(18)6-3-12/h2-6,9,14-16,19H,7-8,10-11H2,1H3/b9-4+. The quantitative estimate of drug-likeness (QED) is 0.867. The van der Waals surface area contributed by atoms with Gasteiger partial charge in [0.25, 0.3) is 0 Å². The number of piperidine rings is 1. The summed E-state index contributed by atoms with van der Waals surface area (Å²) in [5.41, 5.74) is 0.837. The minimum Gasteiger partial charge on any atom is -0.339 e. The Morgan fingerprint density at radius 2 is 1.86 bits per heavy atom. The monoisotopic (exact) mass is 288 g/mol. The number of carbonyl (C=O) groups excluding carboxylic acids is 1. The predicted octanol–water partition coefficient (Wildman–Crippen LogP) is 2.58. The van der Waals surface area contributed by atoms with E-state index < -0.39 is 0 Å². The van der Waals surface area contributed by atoms with Crippen LogP contribution in [0.15, 0.2) is 30.3 Å². The topological polar surface area (TPSA) is 32.3 Å². The van der Waals surface area contributed by atoms with Crippen LogP contribution in [0.5, 0.6) is 0 Å². The summed E-state index contributed by atoms with van der Waals surface area (Å²) >= 11 is 0. The third-order valence-electron chi connectivity index (χ3n) is 4.63. The molecule has 2 saturated heterocycles. The fourth-order valence-electron chi connectivity index (χ4n) is 3.38. The van der Waals surface area contributed by atoms with Crippen molar-refractivity contribution in [3.63, 3.8) is 0 Å². The summed E-state index contributed by atoms with van der Waals surface area (Å²) in [4.78, 5) is 14.1. The minimum atomic E-state index is -0.263. The SMILES string of the molecule is CN(C(=O)/C=C/c1ccc(F)cc1)C1CC2CCC(C1)N2. The maximum absolute atomic E-state index is 12.8. The first-order valence-electron chi connectivity index (χ1n) is 7.58. The maximum atomic E-state index is 12.8. The number of benzene rings is 1. The molecule has 21 heavy (non-hydrogen) atoms. The third-order valence-corrected chi connectivity index (χ3v) is 4.63. The van der Waals surface area contributed by atoms with E-state index in [1.807, 2.05) is 11.9 Å². The lowest BCUT2D eigenvalue weighted by molar-refractivity contribution is -0.127. The molecule has 0 radical (unpaired) electrons. The van der Waals surface area contributed by atoms with Gasteiger partial charge in [-0.2, -0.15) is 0 Å². The number of rotatable bonds is 3. The van der Waals surface area contributed by atoms with Crippen LogP contribution in [0.25, 0.3) is 6.08 Å². The highest BCUT2D eigenvalue weighted by molar-refractivity contribution is 5.91. The van der Waals surface area contributed by atoms with Crippen molar-refractivity contribution in [2.45, 2.75) is 43.8 Å². The summed E-state index contributed by atoms with van der Waals surface area (Å²) in [5, 5.41) is 3.59. The van der Waals surface area contributed by atoms with Crippen LogP contribution < -0.4 is 5.32 Å². The smallest absolute Gasteiger partial charge is 0.246 e. The van der Waals surface area contributed by atoms with E-state index in [2.05, 4.69) is 5.32 Å². The van der Waals surface area contributed by atoms with Gasteiger partial charge >= 0.3 is 0 Å². The average molecular weight is 288 g/mol. The molecule has 4 heteroatoms. The number of amides is 1. The Hall–Kier alpha value is -1.68. The molecule has 2 aliphatic rings. The lowest BCUT2D eigenvalue weighted by Gasteiger charge is -2.35. The van der Waals surface area contributed by atoms with E-state index >= 15 is 0 Å². The van der Waals surface area contributed by atoms with Crippen molar-refractivity contribution in [2.24, 2.45) is 0 Å². The lowest BCUT2D eigenvalue weighted by Crippen LogP contribution is -2.48. The zero-order valence-electron chi connectivity index (χ0n) is 12.3. The first-order valence-corrected chi connectivity index (χ1v) is 7.58. The second-order valence-corrected chi connectivity index (χ2v) is 6.10. The Morgan fingerprint density at radius 1 is 1.24 bits per heavy atom. The minimum absolute atomic E-state index is 0.0191. The van der Waals surface area contributed by atoms with Gasteiger partial charge in [0.1, 0.15) is 5.82 Å². The summed E-state index contributed by atoms with van der Waals surface area (Å²) in [6.07, 6.45) is 7.88. The summed E-state index contributed by atoms with van der Waals surface area (Å²) < 4.78 is 12.8. The Bertz CT molecular complexity index is 528. The second-order valence-electron chi connectivity index (χ2n) is 6.10. The highest BCUT2D eigenvalue weighted by Crippen LogP contribution is 2.29. The molecule has 2 bridgehead atoms. The molecular formula is C17H21FN2O. The van der Waals surface area contributed by atoms with Crippen molar-refractivity contribution in [3.05, 3.63) is 41.7 Å². The van der Waals surface area contributed by atoms with Crippen molar-refractivity contribution in [2.75, 3.05) is 7.05 Å². The Labute approximate surface area is 124 Å². The molecule has 0 aromatic heterocycles. The largest absolute Gasteiger partial charge is 0.339 e. The molecule has 2 unspecified atom stereocenters. The molecule has 2 heterocycles. The van der Waals surface area contributed by atoms with Gasteiger partial charge < -0.3 is 10.2 Å². The molecule has 0 spiro atoms. The molecular weight excluding hydrogens is 267 g/mol. The van der Waals surface area contributed by atoms with E-state index in [-0.39, 0.29) is 11.7 Å². The van der Waals surface area contributed by atoms with Crippen LogP contribution in [-0.2, 0) is 4.79 Å². The normalized spacial score (nSPS) is 28.0. The zero-order valence-corrected chi connectivity index (χ0v) is 12.3. The van der Waals surface area contributed by atoms with Gasteiger partial charge in [-0.25, -0.2) is 4.39 Å². The Kier molecular flexibility index (Phi) is 4.06. The number of hydrogen-bond donors (Lipinski definition) is 1. The fourth-order valence-corrected chi connectivity index (χ4v) is 3.38. The van der Waals surface area contributed by atoms with Crippen molar-refractivity contribution in [1.82, 2.24) is 10.2 Å². The van der Waals surface area contributed by atoms with Gasteiger partial charge in [-0.15, -0.1) is 0 Å². The van der Waals surface area contributed by atoms with Gasteiger partial charge in [0.15, 0.2) is 0 Å². The molecule has 112 valence electrons. The second kappa shape index (κ2) is 5.98. The van der Waals surface area contributed by atoms with E-state index in [1.165, 1.54) is 25.0 Å². The van der Waals surface area contributed by atoms with Crippen LogP contribution in [0.2, 0.25) is 0 Å². The first kappa shape index (κ1) is 14.3. The molecule has 0 aliphatic carbocycles. The molecule has 1 aromatic carbocycles. The lowest BCUT2D eigenvalue weighted by atomic mass is 9.98. The molecule has 3 nitrogen and oxygen atoms in total. The fraction of sp³-hybridized carbons (Fsp3) is 0.471. The first-order chi connectivity index (χ1) is 10.1. The van der Waals surface area contributed by atoms with Crippen LogP contribution in [0.3, 0.4) is 0 Å². The van der Waals surface area contributed by atoms with Crippen LogP contribution in [0, 0.1) is 5.82 Å². The summed E-state index contributed by atoms with van der Waals surface area (Å²) in [5.74, 6) is -0.244. The third kappa shape index (κ3) is 3.32. The molecule has 1 N–H and O–H groups in total. The average Bonchev–Trinajstić information content (AvgIpc) is 2.84. The van der Waals surface area contributed by atoms with Gasteiger partial charge in [-0.05, 0) is 49.5 Å². The maximum Gasteiger partial charge on any atom is 0.246 e. The number of hydrogen-bond acceptors (Lipinski definition) is 2. The molecule has 1 aromatic rings.